The largest absolute Gasteiger partial charge is 0.489 e. The van der Waals surface area contributed by atoms with Crippen molar-refractivity contribution in [3.63, 3.8) is 0 Å². The van der Waals surface area contributed by atoms with E-state index in [0.717, 1.165) is 11.2 Å². The van der Waals surface area contributed by atoms with Crippen LogP contribution in [0.2, 0.25) is 5.02 Å². The monoisotopic (exact) mass is 218 g/mol. The Balaban J connectivity index is 0. The molecule has 0 spiro atoms. The third-order valence-electron chi connectivity index (χ3n) is 1.45. The SMILES string of the molecule is Bc1ccc(OC(C)C)c(Cl)c1.O.O. The molecule has 3 nitrogen and oxygen atoms in total. The van der Waals surface area contributed by atoms with E-state index in [1.807, 2.05) is 39.9 Å². The van der Waals surface area contributed by atoms with Gasteiger partial charge in [-0.05, 0) is 26.0 Å². The molecule has 14 heavy (non-hydrogen) atoms. The number of ether oxygens (including phenoxy) is 1. The maximum atomic E-state index is 5.95. The van der Waals surface area contributed by atoms with Crippen LogP contribution in [0, 0.1) is 0 Å². The molecule has 0 aromatic heterocycles. The van der Waals surface area contributed by atoms with Crippen molar-refractivity contribution in [1.29, 1.82) is 0 Å². The summed E-state index contributed by atoms with van der Waals surface area (Å²) in [5.74, 6) is 0.761. The zero-order valence-corrected chi connectivity index (χ0v) is 9.35. The Labute approximate surface area is 90.1 Å². The minimum Gasteiger partial charge on any atom is -0.489 e. The first-order valence-electron chi connectivity index (χ1n) is 4.02. The Bertz CT molecular complexity index is 279. The van der Waals surface area contributed by atoms with E-state index < -0.39 is 0 Å². The highest BCUT2D eigenvalue weighted by Gasteiger charge is 2.02. The Morgan fingerprint density at radius 1 is 1.29 bits per heavy atom. The Kier molecular flexibility index (Phi) is 7.54. The molecule has 0 radical (unpaired) electrons. The maximum Gasteiger partial charge on any atom is 0.139 e. The highest BCUT2D eigenvalue weighted by Crippen LogP contribution is 2.22. The summed E-state index contributed by atoms with van der Waals surface area (Å²) in [6.45, 7) is 3.96. The molecular weight excluding hydrogens is 202 g/mol. The third-order valence-corrected chi connectivity index (χ3v) is 1.75. The van der Waals surface area contributed by atoms with E-state index in [0.29, 0.717) is 5.02 Å². The van der Waals surface area contributed by atoms with E-state index in [-0.39, 0.29) is 17.1 Å². The molecule has 0 amide bonds. The third kappa shape index (κ3) is 4.51. The second-order valence-electron chi connectivity index (χ2n) is 3.10. The highest BCUT2D eigenvalue weighted by atomic mass is 35.5. The second kappa shape index (κ2) is 6.70. The molecule has 0 bridgehead atoms. The average Bonchev–Trinajstić information content (AvgIpc) is 1.94. The summed E-state index contributed by atoms with van der Waals surface area (Å²) in [7, 11) is 2.00. The topological polar surface area (TPSA) is 72.2 Å². The molecule has 0 saturated heterocycles. The van der Waals surface area contributed by atoms with Crippen LogP contribution >= 0.6 is 11.6 Å². The summed E-state index contributed by atoms with van der Waals surface area (Å²) in [6, 6.07) is 5.79. The van der Waals surface area contributed by atoms with Crippen LogP contribution in [-0.2, 0) is 0 Å². The quantitative estimate of drug-likeness (QED) is 0.630. The van der Waals surface area contributed by atoms with Gasteiger partial charge >= 0.3 is 0 Å². The number of rotatable bonds is 2. The summed E-state index contributed by atoms with van der Waals surface area (Å²) < 4.78 is 5.47. The molecule has 1 aromatic carbocycles. The molecule has 4 N–H and O–H groups in total. The van der Waals surface area contributed by atoms with Crippen molar-refractivity contribution >= 4 is 24.9 Å². The molecule has 0 fully saturated rings. The lowest BCUT2D eigenvalue weighted by atomic mass is 9.96. The molecular formula is C9H16BClO3. The number of benzene rings is 1. The molecule has 0 aliphatic heterocycles. The fourth-order valence-electron chi connectivity index (χ4n) is 0.955. The van der Waals surface area contributed by atoms with Gasteiger partial charge in [0.15, 0.2) is 0 Å². The molecule has 0 aliphatic carbocycles. The second-order valence-corrected chi connectivity index (χ2v) is 3.51. The molecule has 1 aromatic rings. The molecule has 0 unspecified atom stereocenters. The van der Waals surface area contributed by atoms with Gasteiger partial charge in [0.05, 0.1) is 11.1 Å². The van der Waals surface area contributed by atoms with Gasteiger partial charge in [-0.15, -0.1) is 0 Å². The predicted molar refractivity (Wildman–Crippen MR) is 62.6 cm³/mol. The number of hydrogen-bond donors (Lipinski definition) is 0. The van der Waals surface area contributed by atoms with E-state index in [4.69, 9.17) is 16.3 Å². The molecule has 80 valence electrons. The summed E-state index contributed by atoms with van der Waals surface area (Å²) >= 11 is 5.95. The minimum atomic E-state index is 0. The Morgan fingerprint density at radius 2 is 1.86 bits per heavy atom. The Hall–Kier alpha value is -0.705. The smallest absolute Gasteiger partial charge is 0.139 e. The van der Waals surface area contributed by atoms with Crippen LogP contribution in [0.3, 0.4) is 0 Å². The van der Waals surface area contributed by atoms with Gasteiger partial charge in [0.1, 0.15) is 13.6 Å². The lowest BCUT2D eigenvalue weighted by molar-refractivity contribution is 0.242. The number of halogens is 1. The van der Waals surface area contributed by atoms with Crippen LogP contribution in [0.5, 0.6) is 5.75 Å². The Morgan fingerprint density at radius 3 is 2.29 bits per heavy atom. The summed E-state index contributed by atoms with van der Waals surface area (Å²) in [5, 5.41) is 0.684. The minimum absolute atomic E-state index is 0. The van der Waals surface area contributed by atoms with Crippen molar-refractivity contribution in [2.24, 2.45) is 0 Å². The lowest BCUT2D eigenvalue weighted by Crippen LogP contribution is -2.08. The zero-order chi connectivity index (χ0) is 9.14. The maximum absolute atomic E-state index is 5.95. The molecule has 0 aliphatic rings. The molecule has 1 rings (SSSR count). The van der Waals surface area contributed by atoms with Crippen LogP contribution in [0.1, 0.15) is 13.8 Å². The standard InChI is InChI=1S/C9H12BClO.2H2O/c1-6(2)12-9-4-3-7(10)5-8(9)11;;/h3-6H,10H2,1-2H3;2*1H2. The van der Waals surface area contributed by atoms with Gasteiger partial charge in [-0.25, -0.2) is 0 Å². The van der Waals surface area contributed by atoms with Crippen LogP contribution in [0.15, 0.2) is 18.2 Å². The summed E-state index contributed by atoms with van der Waals surface area (Å²) in [4.78, 5) is 0. The van der Waals surface area contributed by atoms with E-state index >= 15 is 0 Å². The van der Waals surface area contributed by atoms with Gasteiger partial charge in [-0.2, -0.15) is 0 Å². The van der Waals surface area contributed by atoms with Crippen molar-refractivity contribution in [3.05, 3.63) is 23.2 Å². The molecule has 0 heterocycles. The van der Waals surface area contributed by atoms with Gasteiger partial charge in [-0.3, -0.25) is 0 Å². The lowest BCUT2D eigenvalue weighted by Gasteiger charge is -2.11. The average molecular weight is 218 g/mol. The first-order chi connectivity index (χ1) is 5.59. The van der Waals surface area contributed by atoms with Crippen LogP contribution < -0.4 is 10.2 Å². The van der Waals surface area contributed by atoms with Gasteiger partial charge in [0, 0.05) is 0 Å². The van der Waals surface area contributed by atoms with E-state index in [9.17, 15) is 0 Å². The van der Waals surface area contributed by atoms with Crippen LogP contribution in [0.25, 0.3) is 0 Å². The van der Waals surface area contributed by atoms with Crippen molar-refractivity contribution in [1.82, 2.24) is 0 Å². The van der Waals surface area contributed by atoms with Crippen molar-refractivity contribution in [3.8, 4) is 5.75 Å². The van der Waals surface area contributed by atoms with E-state index in [1.54, 1.807) is 0 Å². The fraction of sp³-hybridized carbons (Fsp3) is 0.333. The van der Waals surface area contributed by atoms with Crippen molar-refractivity contribution in [2.45, 2.75) is 20.0 Å². The fourth-order valence-corrected chi connectivity index (χ4v) is 1.24. The van der Waals surface area contributed by atoms with E-state index in [1.165, 1.54) is 0 Å². The first-order valence-corrected chi connectivity index (χ1v) is 4.40. The molecule has 5 heteroatoms. The molecule has 0 saturated carbocycles. The van der Waals surface area contributed by atoms with Crippen LogP contribution in [-0.4, -0.2) is 24.9 Å². The van der Waals surface area contributed by atoms with Crippen LogP contribution in [0.4, 0.5) is 0 Å². The van der Waals surface area contributed by atoms with E-state index in [2.05, 4.69) is 0 Å². The first kappa shape index (κ1) is 15.8. The van der Waals surface area contributed by atoms with Gasteiger partial charge in [0.2, 0.25) is 0 Å². The highest BCUT2D eigenvalue weighted by molar-refractivity contribution is 6.37. The summed E-state index contributed by atoms with van der Waals surface area (Å²) in [5.41, 5.74) is 1.15. The van der Waals surface area contributed by atoms with Crippen molar-refractivity contribution in [2.75, 3.05) is 0 Å². The van der Waals surface area contributed by atoms with Crippen molar-refractivity contribution < 1.29 is 15.7 Å². The number of hydrogen-bond acceptors (Lipinski definition) is 1. The summed E-state index contributed by atoms with van der Waals surface area (Å²) in [6.07, 6.45) is 0.171. The molecule has 0 atom stereocenters. The van der Waals surface area contributed by atoms with Gasteiger partial charge < -0.3 is 15.7 Å². The van der Waals surface area contributed by atoms with Gasteiger partial charge in [-0.1, -0.05) is 23.1 Å². The van der Waals surface area contributed by atoms with Gasteiger partial charge in [0.25, 0.3) is 0 Å². The zero-order valence-electron chi connectivity index (χ0n) is 8.60. The predicted octanol–water partition coefficient (Wildman–Crippen LogP) is -0.264. The normalized spacial score (nSPS) is 8.86.